The topological polar surface area (TPSA) is 62.7 Å². The fourth-order valence-electron chi connectivity index (χ4n) is 3.81. The van der Waals surface area contributed by atoms with E-state index in [2.05, 4.69) is 22.0 Å². The fraction of sp³-hybridized carbons (Fsp3) is 0.350. The Bertz CT molecular complexity index is 828. The second-order valence-corrected chi connectivity index (χ2v) is 7.33. The second kappa shape index (κ2) is 7.66. The van der Waals surface area contributed by atoms with Gasteiger partial charge in [-0.3, -0.25) is 14.7 Å². The van der Waals surface area contributed by atoms with Gasteiger partial charge in [-0.05, 0) is 17.7 Å². The Kier molecular flexibility index (Phi) is 5.09. The van der Waals surface area contributed by atoms with Gasteiger partial charge in [-0.2, -0.15) is 0 Å². The molecule has 0 bridgehead atoms. The van der Waals surface area contributed by atoms with Crippen molar-refractivity contribution in [3.8, 4) is 0 Å². The molecule has 0 aliphatic carbocycles. The first kappa shape index (κ1) is 17.9. The van der Waals surface area contributed by atoms with E-state index >= 15 is 0 Å². The van der Waals surface area contributed by atoms with E-state index in [-0.39, 0.29) is 24.3 Å². The van der Waals surface area contributed by atoms with Crippen LogP contribution in [0.25, 0.3) is 0 Å². The Morgan fingerprint density at radius 2 is 2.00 bits per heavy atom. The summed E-state index contributed by atoms with van der Waals surface area (Å²) < 4.78 is 4.94. The molecule has 27 heavy (non-hydrogen) atoms. The van der Waals surface area contributed by atoms with Crippen LogP contribution in [0.4, 0.5) is 4.79 Å². The van der Waals surface area contributed by atoms with Crippen LogP contribution in [-0.4, -0.2) is 53.0 Å². The van der Waals surface area contributed by atoms with Crippen LogP contribution in [0, 0.1) is 5.92 Å². The van der Waals surface area contributed by atoms with Gasteiger partial charge < -0.3 is 4.74 Å². The molecule has 1 aromatic carbocycles. The Morgan fingerprint density at radius 1 is 1.19 bits per heavy atom. The van der Waals surface area contributed by atoms with Crippen molar-refractivity contribution >= 4 is 23.6 Å². The highest BCUT2D eigenvalue weighted by Gasteiger charge is 2.43. The van der Waals surface area contributed by atoms with Crippen molar-refractivity contribution < 1.29 is 14.3 Å². The van der Waals surface area contributed by atoms with Crippen molar-refractivity contribution in [1.82, 2.24) is 14.8 Å². The molecule has 1 aromatic heterocycles. The van der Waals surface area contributed by atoms with Crippen molar-refractivity contribution in [2.45, 2.75) is 12.5 Å². The number of rotatable bonds is 4. The molecule has 2 aliphatic rings. The Balaban J connectivity index is 1.58. The molecule has 6 nitrogen and oxygen atoms in total. The lowest BCUT2D eigenvalue weighted by atomic mass is 9.91. The van der Waals surface area contributed by atoms with E-state index in [1.807, 2.05) is 24.3 Å². The Hall–Kier alpha value is -2.44. The third-order valence-corrected chi connectivity index (χ3v) is 5.34. The highest BCUT2D eigenvalue weighted by molar-refractivity contribution is 6.30. The van der Waals surface area contributed by atoms with Gasteiger partial charge in [0.1, 0.15) is 6.61 Å². The number of nitrogens with zero attached hydrogens (tertiary/aromatic N) is 3. The van der Waals surface area contributed by atoms with E-state index in [9.17, 15) is 9.59 Å². The average molecular weight is 386 g/mol. The van der Waals surface area contributed by atoms with Crippen molar-refractivity contribution in [1.29, 1.82) is 0 Å². The van der Waals surface area contributed by atoms with Gasteiger partial charge in [0.2, 0.25) is 5.91 Å². The maximum absolute atomic E-state index is 13.1. The summed E-state index contributed by atoms with van der Waals surface area (Å²) in [5.41, 5.74) is 2.01. The molecule has 7 heteroatoms. The zero-order valence-corrected chi connectivity index (χ0v) is 15.5. The van der Waals surface area contributed by atoms with Gasteiger partial charge in [0.15, 0.2) is 0 Å². The number of pyridine rings is 1. The number of amides is 2. The molecule has 4 rings (SSSR count). The number of benzene rings is 1. The quantitative estimate of drug-likeness (QED) is 0.809. The highest BCUT2D eigenvalue weighted by Crippen LogP contribution is 2.34. The minimum absolute atomic E-state index is 0.0909. The first-order valence-electron chi connectivity index (χ1n) is 8.97. The third kappa shape index (κ3) is 3.82. The Morgan fingerprint density at radius 3 is 2.67 bits per heavy atom. The molecule has 2 aromatic rings. The van der Waals surface area contributed by atoms with E-state index in [0.717, 1.165) is 12.2 Å². The van der Waals surface area contributed by atoms with Gasteiger partial charge in [0, 0.05) is 37.4 Å². The van der Waals surface area contributed by atoms with Crippen LogP contribution >= 0.6 is 11.6 Å². The molecule has 0 unspecified atom stereocenters. The molecule has 140 valence electrons. The summed E-state index contributed by atoms with van der Waals surface area (Å²) in [6.07, 6.45) is 1.05. The van der Waals surface area contributed by atoms with E-state index in [0.29, 0.717) is 24.7 Å². The van der Waals surface area contributed by atoms with Crippen LogP contribution < -0.4 is 0 Å². The summed E-state index contributed by atoms with van der Waals surface area (Å²) in [6, 6.07) is 13.8. The van der Waals surface area contributed by atoms with Crippen molar-refractivity contribution in [2.24, 2.45) is 5.92 Å². The van der Waals surface area contributed by atoms with Crippen LogP contribution in [0.2, 0.25) is 5.02 Å². The third-order valence-electron chi connectivity index (χ3n) is 5.12. The van der Waals surface area contributed by atoms with Gasteiger partial charge in [0.25, 0.3) is 0 Å². The summed E-state index contributed by atoms with van der Waals surface area (Å²) in [5.74, 6) is -0.616. The van der Waals surface area contributed by atoms with E-state index in [1.165, 1.54) is 10.5 Å². The van der Waals surface area contributed by atoms with Gasteiger partial charge in [-0.25, -0.2) is 9.69 Å². The Labute approximate surface area is 162 Å². The zero-order valence-electron chi connectivity index (χ0n) is 14.8. The molecule has 2 fully saturated rings. The fourth-order valence-corrected chi connectivity index (χ4v) is 3.92. The molecule has 0 spiro atoms. The highest BCUT2D eigenvalue weighted by atomic mass is 35.5. The predicted molar refractivity (Wildman–Crippen MR) is 100 cm³/mol. The second-order valence-electron chi connectivity index (χ2n) is 6.90. The number of aromatic nitrogens is 1. The number of halogens is 1. The number of likely N-dealkylation sites (tertiary alicyclic amines) is 1. The summed E-state index contributed by atoms with van der Waals surface area (Å²) in [6.45, 7) is 2.59. The number of hydrogen-bond acceptors (Lipinski definition) is 5. The summed E-state index contributed by atoms with van der Waals surface area (Å²) in [4.78, 5) is 32.8. The first-order chi connectivity index (χ1) is 13.1. The largest absolute Gasteiger partial charge is 0.447 e. The first-order valence-corrected chi connectivity index (χ1v) is 9.35. The molecule has 2 atom stereocenters. The number of carbonyl (C=O) groups is 2. The van der Waals surface area contributed by atoms with Crippen LogP contribution in [0.5, 0.6) is 0 Å². The molecule has 2 amide bonds. The maximum atomic E-state index is 13.1. The predicted octanol–water partition coefficient (Wildman–Crippen LogP) is 2.93. The lowest BCUT2D eigenvalue weighted by Gasteiger charge is -2.20. The number of hydrogen-bond donors (Lipinski definition) is 0. The van der Waals surface area contributed by atoms with Crippen molar-refractivity contribution in [3.05, 3.63) is 64.9 Å². The average Bonchev–Trinajstić information content (AvgIpc) is 3.29. The molecular weight excluding hydrogens is 366 g/mol. The standard InChI is InChI=1S/C20H20ClN3O3/c21-15-6-7-18(22-10-15)16-12-23(11-14-4-2-1-3-5-14)13-17(16)19(25)24-8-9-27-20(24)26/h1-7,10,16-17H,8-9,11-13H2/t16-,17-/m0/s1. The SMILES string of the molecule is O=C1OCCN1C(=O)[C@H]1CN(Cc2ccccc2)C[C@@H]1c1ccc(Cl)cn1. The lowest BCUT2D eigenvalue weighted by Crippen LogP contribution is -2.39. The summed E-state index contributed by atoms with van der Waals surface area (Å²) in [7, 11) is 0. The van der Waals surface area contributed by atoms with E-state index in [4.69, 9.17) is 16.3 Å². The molecule has 0 N–H and O–H groups in total. The van der Waals surface area contributed by atoms with Crippen LogP contribution in [-0.2, 0) is 16.1 Å². The van der Waals surface area contributed by atoms with E-state index in [1.54, 1.807) is 12.3 Å². The van der Waals surface area contributed by atoms with E-state index < -0.39 is 6.09 Å². The monoisotopic (exact) mass is 385 g/mol. The van der Waals surface area contributed by atoms with Gasteiger partial charge in [0.05, 0.1) is 17.5 Å². The minimum Gasteiger partial charge on any atom is -0.447 e. The zero-order chi connectivity index (χ0) is 18.8. The summed E-state index contributed by atoms with van der Waals surface area (Å²) in [5, 5.41) is 0.559. The van der Waals surface area contributed by atoms with Crippen LogP contribution in [0.3, 0.4) is 0 Å². The molecule has 2 saturated heterocycles. The smallest absolute Gasteiger partial charge is 0.416 e. The normalized spacial score (nSPS) is 22.9. The lowest BCUT2D eigenvalue weighted by molar-refractivity contribution is -0.132. The number of ether oxygens (including phenoxy) is 1. The molecule has 3 heterocycles. The van der Waals surface area contributed by atoms with Crippen LogP contribution in [0.1, 0.15) is 17.2 Å². The molecule has 0 saturated carbocycles. The summed E-state index contributed by atoms with van der Waals surface area (Å²) >= 11 is 5.97. The van der Waals surface area contributed by atoms with Crippen molar-refractivity contribution in [2.75, 3.05) is 26.2 Å². The molecule has 0 radical (unpaired) electrons. The van der Waals surface area contributed by atoms with Gasteiger partial charge in [-0.15, -0.1) is 0 Å². The maximum Gasteiger partial charge on any atom is 0.416 e. The molecule has 2 aliphatic heterocycles. The van der Waals surface area contributed by atoms with Crippen molar-refractivity contribution in [3.63, 3.8) is 0 Å². The number of imide groups is 1. The number of cyclic esters (lactones) is 1. The van der Waals surface area contributed by atoms with Crippen LogP contribution in [0.15, 0.2) is 48.7 Å². The minimum atomic E-state index is -0.552. The molecular formula is C20H20ClN3O3. The number of carbonyl (C=O) groups excluding carboxylic acids is 2. The van der Waals surface area contributed by atoms with Gasteiger partial charge >= 0.3 is 6.09 Å². The van der Waals surface area contributed by atoms with Gasteiger partial charge in [-0.1, -0.05) is 41.9 Å².